The van der Waals surface area contributed by atoms with Crippen molar-refractivity contribution in [2.75, 3.05) is 10.6 Å². The highest BCUT2D eigenvalue weighted by Crippen LogP contribution is 2.20. The van der Waals surface area contributed by atoms with E-state index in [4.69, 9.17) is 17.0 Å². The van der Waals surface area contributed by atoms with Crippen LogP contribution >= 0.6 is 12.2 Å². The Morgan fingerprint density at radius 3 is 2.47 bits per heavy atom. The maximum absolute atomic E-state index is 12.5. The number of carbonyl (C=O) groups excluding carboxylic acids is 3. The van der Waals surface area contributed by atoms with Gasteiger partial charge in [-0.2, -0.15) is 14.9 Å². The van der Waals surface area contributed by atoms with Crippen molar-refractivity contribution in [3.05, 3.63) is 60.4 Å². The number of thiocarbonyl (C=S) groups is 1. The van der Waals surface area contributed by atoms with Crippen LogP contribution < -0.4 is 21.5 Å². The second-order valence-electron chi connectivity index (χ2n) is 8.99. The van der Waals surface area contributed by atoms with E-state index < -0.39 is 23.5 Å². The molecule has 1 aromatic carbocycles. The van der Waals surface area contributed by atoms with Crippen molar-refractivity contribution in [2.45, 2.75) is 26.4 Å². The van der Waals surface area contributed by atoms with Crippen molar-refractivity contribution in [1.82, 2.24) is 40.4 Å². The summed E-state index contributed by atoms with van der Waals surface area (Å²) < 4.78 is 8.03. The third-order valence-corrected chi connectivity index (χ3v) is 4.96. The molecular weight excluding hydrogens is 512 g/mol. The monoisotopic (exact) mass is 536 g/mol. The Morgan fingerprint density at radius 1 is 0.974 bits per heavy atom. The van der Waals surface area contributed by atoms with E-state index in [2.05, 4.69) is 41.7 Å². The van der Waals surface area contributed by atoms with Gasteiger partial charge in [-0.25, -0.2) is 9.78 Å². The van der Waals surface area contributed by atoms with Gasteiger partial charge in [0, 0.05) is 24.3 Å². The summed E-state index contributed by atoms with van der Waals surface area (Å²) in [7, 11) is 1.69. The molecule has 4 N–H and O–H groups in total. The molecule has 0 unspecified atom stereocenters. The minimum Gasteiger partial charge on any atom is -0.442 e. The molecule has 3 aromatic heterocycles. The Kier molecular flexibility index (Phi) is 7.29. The average molecular weight is 537 g/mol. The number of carbonyl (C=O) groups is 3. The van der Waals surface area contributed by atoms with Crippen LogP contribution in [-0.4, -0.2) is 58.2 Å². The first-order valence-corrected chi connectivity index (χ1v) is 11.6. The largest absolute Gasteiger partial charge is 0.442 e. The van der Waals surface area contributed by atoms with Crippen molar-refractivity contribution in [1.29, 1.82) is 0 Å². The number of aromatic nitrogens is 6. The molecule has 196 valence electrons. The number of hydrazine groups is 1. The van der Waals surface area contributed by atoms with E-state index in [0.717, 1.165) is 0 Å². The summed E-state index contributed by atoms with van der Waals surface area (Å²) >= 11 is 5.24. The number of hydrogen-bond donors (Lipinski definition) is 4. The number of rotatable bonds is 4. The average Bonchev–Trinajstić information content (AvgIpc) is 3.47. The first-order chi connectivity index (χ1) is 18.0. The number of amides is 2. The van der Waals surface area contributed by atoms with E-state index in [9.17, 15) is 14.4 Å². The summed E-state index contributed by atoms with van der Waals surface area (Å²) in [4.78, 5) is 45.2. The number of benzene rings is 1. The Labute approximate surface area is 221 Å². The third kappa shape index (κ3) is 6.44. The number of nitrogens with one attached hydrogen (secondary N) is 4. The van der Waals surface area contributed by atoms with Gasteiger partial charge in [0.05, 0.1) is 35.9 Å². The molecule has 0 bridgehead atoms. The molecule has 0 aliphatic carbocycles. The van der Waals surface area contributed by atoms with Gasteiger partial charge in [-0.15, -0.1) is 0 Å². The molecule has 2 amide bonds. The van der Waals surface area contributed by atoms with E-state index in [-0.39, 0.29) is 16.6 Å². The number of hydrogen-bond acceptors (Lipinski definition) is 9. The molecule has 38 heavy (non-hydrogen) atoms. The molecule has 0 saturated carbocycles. The maximum atomic E-state index is 12.5. The van der Waals surface area contributed by atoms with Crippen molar-refractivity contribution < 1.29 is 19.1 Å². The first-order valence-electron chi connectivity index (χ1n) is 11.2. The second-order valence-corrected chi connectivity index (χ2v) is 9.40. The van der Waals surface area contributed by atoms with Crippen LogP contribution in [0.3, 0.4) is 0 Å². The van der Waals surface area contributed by atoms with Crippen molar-refractivity contribution in [3.63, 3.8) is 0 Å². The Balaban J connectivity index is 1.33. The molecule has 0 radical (unpaired) electrons. The molecule has 0 fully saturated rings. The summed E-state index contributed by atoms with van der Waals surface area (Å²) in [5, 5.41) is 14.3. The summed E-state index contributed by atoms with van der Waals surface area (Å²) in [6.45, 7) is 5.32. The van der Waals surface area contributed by atoms with Gasteiger partial charge >= 0.3 is 6.09 Å². The van der Waals surface area contributed by atoms with Gasteiger partial charge in [0.2, 0.25) is 0 Å². The van der Waals surface area contributed by atoms with Crippen LogP contribution in [0.1, 0.15) is 41.6 Å². The predicted octanol–water partition coefficient (Wildman–Crippen LogP) is 2.23. The quantitative estimate of drug-likeness (QED) is 0.223. The smallest absolute Gasteiger partial charge is 0.435 e. The van der Waals surface area contributed by atoms with Gasteiger partial charge in [0.15, 0.2) is 16.6 Å². The van der Waals surface area contributed by atoms with Crippen molar-refractivity contribution >= 4 is 57.6 Å². The molecule has 14 nitrogen and oxygen atoms in total. The van der Waals surface area contributed by atoms with Gasteiger partial charge in [0.25, 0.3) is 11.8 Å². The molecular formula is C23H24N10O4S. The van der Waals surface area contributed by atoms with Gasteiger partial charge in [0.1, 0.15) is 5.60 Å². The number of ether oxygens (including phenoxy) is 1. The highest BCUT2D eigenvalue weighted by molar-refractivity contribution is 7.80. The molecule has 0 spiro atoms. The van der Waals surface area contributed by atoms with Crippen LogP contribution in [0, 0.1) is 0 Å². The number of anilines is 2. The summed E-state index contributed by atoms with van der Waals surface area (Å²) in [5.41, 5.74) is 5.76. The van der Waals surface area contributed by atoms with E-state index in [1.807, 2.05) is 0 Å². The van der Waals surface area contributed by atoms with Gasteiger partial charge in [-0.1, -0.05) is 0 Å². The zero-order chi connectivity index (χ0) is 27.4. The number of nitrogens with zero attached hydrogens (tertiary/aromatic N) is 6. The molecule has 0 aliphatic heterocycles. The molecule has 15 heteroatoms. The van der Waals surface area contributed by atoms with Gasteiger partial charge in [-0.3, -0.25) is 30.1 Å². The minimum atomic E-state index is -0.653. The van der Waals surface area contributed by atoms with Crippen LogP contribution in [0.25, 0.3) is 10.9 Å². The van der Waals surface area contributed by atoms with Crippen molar-refractivity contribution in [2.24, 2.45) is 7.05 Å². The standard InChI is InChI=1S/C23H24N10O4S/c1-23(2,3)37-22(36)33-17-6-5-15(7-13(17)8-26-33)27-21(38)31-30-20(35)16-10-24-11-18(28-16)29-19(34)14-9-25-32(4)12-14/h5-12H,1-4H3,(H,30,35)(H2,27,31,38)(H,28,29,34). The van der Waals surface area contributed by atoms with Crippen LogP contribution in [0.5, 0.6) is 0 Å². The molecule has 0 aliphatic rings. The normalized spacial score (nSPS) is 11.1. The topological polar surface area (TPSA) is 170 Å². The van der Waals surface area contributed by atoms with Crippen LogP contribution in [0.4, 0.5) is 16.3 Å². The minimum absolute atomic E-state index is 0.0553. The zero-order valence-corrected chi connectivity index (χ0v) is 21.7. The summed E-state index contributed by atoms with van der Waals surface area (Å²) in [6.07, 6.45) is 6.44. The van der Waals surface area contributed by atoms with Gasteiger partial charge in [-0.05, 0) is 51.2 Å². The van der Waals surface area contributed by atoms with Gasteiger partial charge < -0.3 is 15.4 Å². The lowest BCUT2D eigenvalue weighted by atomic mass is 10.2. The van der Waals surface area contributed by atoms with E-state index in [0.29, 0.717) is 22.2 Å². The summed E-state index contributed by atoms with van der Waals surface area (Å²) in [5.74, 6) is -0.984. The highest BCUT2D eigenvalue weighted by Gasteiger charge is 2.20. The van der Waals surface area contributed by atoms with Crippen molar-refractivity contribution in [3.8, 4) is 0 Å². The predicted molar refractivity (Wildman–Crippen MR) is 141 cm³/mol. The molecule has 0 atom stereocenters. The van der Waals surface area contributed by atoms with Crippen LogP contribution in [0.15, 0.2) is 49.2 Å². The molecule has 4 aromatic rings. The lowest BCUT2D eigenvalue weighted by molar-refractivity contribution is 0.0522. The Bertz CT molecular complexity index is 1540. The van der Waals surface area contributed by atoms with E-state index in [1.54, 1.807) is 52.2 Å². The Morgan fingerprint density at radius 2 is 1.76 bits per heavy atom. The van der Waals surface area contributed by atoms with E-state index >= 15 is 0 Å². The maximum Gasteiger partial charge on any atom is 0.435 e. The number of aryl methyl sites for hydroxylation is 1. The van der Waals surface area contributed by atoms with E-state index in [1.165, 1.54) is 34.2 Å². The third-order valence-electron chi connectivity index (χ3n) is 4.76. The highest BCUT2D eigenvalue weighted by atomic mass is 32.1. The molecule has 4 rings (SSSR count). The number of fused-ring (bicyclic) bond motifs is 1. The summed E-state index contributed by atoms with van der Waals surface area (Å²) in [6, 6.07) is 5.12. The fourth-order valence-corrected chi connectivity index (χ4v) is 3.33. The van der Waals surface area contributed by atoms with Crippen LogP contribution in [-0.2, 0) is 11.8 Å². The fraction of sp³-hybridized carbons (Fsp3) is 0.217. The first kappa shape index (κ1) is 26.2. The fourth-order valence-electron chi connectivity index (χ4n) is 3.16. The molecule has 3 heterocycles. The second kappa shape index (κ2) is 10.6. The Hall–Kier alpha value is -4.92. The lowest BCUT2D eigenvalue weighted by Crippen LogP contribution is -2.44. The van der Waals surface area contributed by atoms with Crippen LogP contribution in [0.2, 0.25) is 0 Å². The SMILES string of the molecule is Cn1cc(C(=O)Nc2cncc(C(=O)NNC(=S)Nc3ccc4c(cnn4C(=O)OC(C)(C)C)c3)n2)cn1. The lowest BCUT2D eigenvalue weighted by Gasteiger charge is -2.19. The zero-order valence-electron chi connectivity index (χ0n) is 20.8. The molecule has 0 saturated heterocycles.